The van der Waals surface area contributed by atoms with E-state index in [0.717, 1.165) is 12.5 Å². The highest BCUT2D eigenvalue weighted by Gasteiger charge is 2.21. The highest BCUT2D eigenvalue weighted by Crippen LogP contribution is 2.20. The third-order valence-electron chi connectivity index (χ3n) is 2.40. The molecule has 0 aliphatic carbocycles. The Morgan fingerprint density at radius 2 is 2.29 bits per heavy atom. The molecule has 1 saturated heterocycles. The van der Waals surface area contributed by atoms with E-state index in [1.165, 1.54) is 0 Å². The summed E-state index contributed by atoms with van der Waals surface area (Å²) < 4.78 is 18.3. The Morgan fingerprint density at radius 1 is 1.53 bits per heavy atom. The number of carbonyl (C=O) groups is 1. The van der Waals surface area contributed by atoms with Crippen LogP contribution >= 0.6 is 23.2 Å². The molecule has 1 fully saturated rings. The number of pyridine rings is 1. The Bertz CT molecular complexity index is 450. The van der Waals surface area contributed by atoms with Gasteiger partial charge in [-0.15, -0.1) is 0 Å². The van der Waals surface area contributed by atoms with Gasteiger partial charge in [-0.05, 0) is 12.5 Å². The first-order chi connectivity index (χ1) is 8.08. The summed E-state index contributed by atoms with van der Waals surface area (Å²) >= 11 is 11.2. The topological polar surface area (TPSA) is 51.2 Å². The van der Waals surface area contributed by atoms with E-state index in [2.05, 4.69) is 10.3 Å². The molecule has 0 saturated carbocycles. The van der Waals surface area contributed by atoms with Crippen LogP contribution in [0.2, 0.25) is 10.3 Å². The molecule has 0 radical (unpaired) electrons. The van der Waals surface area contributed by atoms with Gasteiger partial charge in [0, 0.05) is 6.61 Å². The molecule has 17 heavy (non-hydrogen) atoms. The number of carbonyl (C=O) groups excluding carboxylic acids is 1. The van der Waals surface area contributed by atoms with Crippen LogP contribution in [0.4, 0.5) is 4.39 Å². The van der Waals surface area contributed by atoms with E-state index in [0.29, 0.717) is 13.2 Å². The molecule has 7 heteroatoms. The van der Waals surface area contributed by atoms with Gasteiger partial charge < -0.3 is 10.1 Å². The maximum Gasteiger partial charge on any atom is 0.254 e. The Balaban J connectivity index is 2.15. The lowest BCUT2D eigenvalue weighted by atomic mass is 10.2. The summed E-state index contributed by atoms with van der Waals surface area (Å²) in [4.78, 5) is 15.3. The van der Waals surface area contributed by atoms with Crippen LogP contribution in [0.1, 0.15) is 16.8 Å². The average Bonchev–Trinajstić information content (AvgIpc) is 2.76. The van der Waals surface area contributed by atoms with Crippen LogP contribution in [0.3, 0.4) is 0 Å². The molecule has 1 atom stereocenters. The molecule has 0 bridgehead atoms. The van der Waals surface area contributed by atoms with E-state index >= 15 is 0 Å². The number of aromatic nitrogens is 1. The summed E-state index contributed by atoms with van der Waals surface area (Å²) in [5, 5.41) is 2.22. The summed E-state index contributed by atoms with van der Waals surface area (Å²) in [6, 6.07) is 0.903. The molecule has 1 unspecified atom stereocenters. The summed E-state index contributed by atoms with van der Waals surface area (Å²) in [5.41, 5.74) is -0.0273. The minimum Gasteiger partial charge on any atom is -0.379 e. The fourth-order valence-electron chi connectivity index (χ4n) is 1.52. The van der Waals surface area contributed by atoms with Crippen molar-refractivity contribution in [2.75, 3.05) is 13.2 Å². The number of ether oxygens (including phenoxy) is 1. The van der Waals surface area contributed by atoms with Crippen molar-refractivity contribution in [3.05, 3.63) is 27.8 Å². The molecule has 1 aromatic heterocycles. The predicted octanol–water partition coefficient (Wildman–Crippen LogP) is 2.05. The third kappa shape index (κ3) is 2.86. The van der Waals surface area contributed by atoms with E-state index in [-0.39, 0.29) is 21.9 Å². The van der Waals surface area contributed by atoms with Crippen molar-refractivity contribution in [1.82, 2.24) is 10.3 Å². The van der Waals surface area contributed by atoms with Gasteiger partial charge in [0.1, 0.15) is 5.15 Å². The van der Waals surface area contributed by atoms with Crippen molar-refractivity contribution in [3.8, 4) is 0 Å². The maximum absolute atomic E-state index is 13.2. The largest absolute Gasteiger partial charge is 0.379 e. The molecule has 2 heterocycles. The molecule has 0 spiro atoms. The Morgan fingerprint density at radius 3 is 2.94 bits per heavy atom. The second-order valence-electron chi connectivity index (χ2n) is 3.63. The zero-order valence-electron chi connectivity index (χ0n) is 8.67. The molecule has 1 aliphatic heterocycles. The molecule has 92 valence electrons. The van der Waals surface area contributed by atoms with Crippen LogP contribution < -0.4 is 5.32 Å². The number of nitrogens with one attached hydrogen (secondary N) is 1. The molecular formula is C10H9Cl2FN2O2. The minimum atomic E-state index is -0.774. The minimum absolute atomic E-state index is 0.0273. The highest BCUT2D eigenvalue weighted by atomic mass is 35.5. The Labute approximate surface area is 107 Å². The maximum atomic E-state index is 13.2. The first kappa shape index (κ1) is 12.5. The first-order valence-corrected chi connectivity index (χ1v) is 5.73. The SMILES string of the molecule is O=C(NC1CCOC1)c1cc(F)c(Cl)nc1Cl. The van der Waals surface area contributed by atoms with Gasteiger partial charge in [-0.3, -0.25) is 4.79 Å². The lowest BCUT2D eigenvalue weighted by Crippen LogP contribution is -2.35. The van der Waals surface area contributed by atoms with Gasteiger partial charge in [0.25, 0.3) is 5.91 Å². The molecule has 1 N–H and O–H groups in total. The lowest BCUT2D eigenvalue weighted by molar-refractivity contribution is 0.0929. The summed E-state index contributed by atoms with van der Waals surface area (Å²) in [5.74, 6) is -1.25. The number of hydrogen-bond acceptors (Lipinski definition) is 3. The van der Waals surface area contributed by atoms with Gasteiger partial charge in [0.05, 0.1) is 18.2 Å². The Kier molecular flexibility index (Phi) is 3.81. The number of hydrogen-bond donors (Lipinski definition) is 1. The quantitative estimate of drug-likeness (QED) is 0.843. The summed E-state index contributed by atoms with van der Waals surface area (Å²) in [6.45, 7) is 1.05. The standard InChI is InChI=1S/C10H9Cl2FN2O2/c11-8-6(3-7(13)9(12)15-8)10(16)14-5-1-2-17-4-5/h3,5H,1-2,4H2,(H,14,16). The van der Waals surface area contributed by atoms with Gasteiger partial charge in [-0.25, -0.2) is 9.37 Å². The van der Waals surface area contributed by atoms with E-state index in [4.69, 9.17) is 27.9 Å². The van der Waals surface area contributed by atoms with E-state index in [1.54, 1.807) is 0 Å². The zero-order chi connectivity index (χ0) is 12.4. The zero-order valence-corrected chi connectivity index (χ0v) is 10.2. The highest BCUT2D eigenvalue weighted by molar-refractivity contribution is 6.34. The molecule has 4 nitrogen and oxygen atoms in total. The normalized spacial score (nSPS) is 19.4. The van der Waals surface area contributed by atoms with Crippen molar-refractivity contribution in [3.63, 3.8) is 0 Å². The van der Waals surface area contributed by atoms with Gasteiger partial charge in [-0.1, -0.05) is 23.2 Å². The number of nitrogens with zero attached hydrogens (tertiary/aromatic N) is 1. The Hall–Kier alpha value is -0.910. The van der Waals surface area contributed by atoms with Crippen LogP contribution in [0, 0.1) is 5.82 Å². The predicted molar refractivity (Wildman–Crippen MR) is 60.9 cm³/mol. The fourth-order valence-corrected chi connectivity index (χ4v) is 1.92. The molecular weight excluding hydrogens is 270 g/mol. The van der Waals surface area contributed by atoms with Crippen molar-refractivity contribution in [2.24, 2.45) is 0 Å². The van der Waals surface area contributed by atoms with Gasteiger partial charge in [0.15, 0.2) is 11.0 Å². The van der Waals surface area contributed by atoms with Crippen molar-refractivity contribution in [2.45, 2.75) is 12.5 Å². The second kappa shape index (κ2) is 5.16. The van der Waals surface area contributed by atoms with Crippen LogP contribution in [0.5, 0.6) is 0 Å². The van der Waals surface area contributed by atoms with E-state index in [9.17, 15) is 9.18 Å². The van der Waals surface area contributed by atoms with Gasteiger partial charge in [-0.2, -0.15) is 0 Å². The lowest BCUT2D eigenvalue weighted by Gasteiger charge is -2.11. The average molecular weight is 279 g/mol. The summed E-state index contributed by atoms with van der Waals surface area (Å²) in [6.07, 6.45) is 0.729. The number of rotatable bonds is 2. The van der Waals surface area contributed by atoms with Crippen molar-refractivity contribution in [1.29, 1.82) is 0 Å². The van der Waals surface area contributed by atoms with Gasteiger partial charge in [0.2, 0.25) is 0 Å². The summed E-state index contributed by atoms with van der Waals surface area (Å²) in [7, 11) is 0. The van der Waals surface area contributed by atoms with Crippen LogP contribution in [0.25, 0.3) is 0 Å². The smallest absolute Gasteiger partial charge is 0.254 e. The molecule has 1 aromatic rings. The van der Waals surface area contributed by atoms with Crippen LogP contribution in [-0.2, 0) is 4.74 Å². The molecule has 1 amide bonds. The van der Waals surface area contributed by atoms with E-state index < -0.39 is 11.7 Å². The molecule has 2 rings (SSSR count). The van der Waals surface area contributed by atoms with Crippen LogP contribution in [0.15, 0.2) is 6.07 Å². The number of halogens is 3. The first-order valence-electron chi connectivity index (χ1n) is 4.98. The van der Waals surface area contributed by atoms with Gasteiger partial charge >= 0.3 is 0 Å². The van der Waals surface area contributed by atoms with E-state index in [1.807, 2.05) is 0 Å². The van der Waals surface area contributed by atoms with Crippen molar-refractivity contribution >= 4 is 29.1 Å². The third-order valence-corrected chi connectivity index (χ3v) is 2.95. The molecule has 0 aromatic carbocycles. The molecule has 1 aliphatic rings. The fraction of sp³-hybridized carbons (Fsp3) is 0.400. The van der Waals surface area contributed by atoms with Crippen LogP contribution in [-0.4, -0.2) is 30.1 Å². The number of amides is 1. The second-order valence-corrected chi connectivity index (χ2v) is 4.35. The monoisotopic (exact) mass is 278 g/mol. The van der Waals surface area contributed by atoms with Crippen molar-refractivity contribution < 1.29 is 13.9 Å².